The monoisotopic (exact) mass is 767 g/mol. The first-order chi connectivity index (χ1) is 25.5. The van der Waals surface area contributed by atoms with Crippen molar-refractivity contribution in [2.45, 2.75) is 187 Å². The SMILES string of the molecule is CCCCCC(=O)/C=C/C=C\C/C=C\C/C=C\CCCC(=O)OC[C@H](COP(=O)(O)O)OC(=O)CCCCCCCCCCCCCCCCC(C)C. The van der Waals surface area contributed by atoms with E-state index in [0.717, 1.165) is 57.3 Å². The molecule has 0 saturated heterocycles. The molecule has 0 aromatic heterocycles. The zero-order valence-corrected chi connectivity index (χ0v) is 34.5. The van der Waals surface area contributed by atoms with Gasteiger partial charge in [0.2, 0.25) is 0 Å². The first-order valence-electron chi connectivity index (χ1n) is 20.7. The second-order valence-corrected chi connectivity index (χ2v) is 15.7. The van der Waals surface area contributed by atoms with Crippen LogP contribution in [-0.4, -0.2) is 46.8 Å². The number of phosphoric acid groups is 1. The normalized spacial score (nSPS) is 12.9. The Morgan fingerprint density at radius 2 is 1.13 bits per heavy atom. The molecule has 0 amide bonds. The van der Waals surface area contributed by atoms with Crippen LogP contribution >= 0.6 is 7.82 Å². The number of carbonyl (C=O) groups is 3. The first-order valence-corrected chi connectivity index (χ1v) is 22.3. The highest BCUT2D eigenvalue weighted by Gasteiger charge is 2.22. The van der Waals surface area contributed by atoms with E-state index in [9.17, 15) is 18.9 Å². The Balaban J connectivity index is 4.05. The quantitative estimate of drug-likeness (QED) is 0.0158. The molecule has 10 heteroatoms. The Kier molecular flexibility index (Phi) is 35.0. The number of rotatable bonds is 37. The molecule has 0 aliphatic carbocycles. The van der Waals surface area contributed by atoms with Gasteiger partial charge in [-0.3, -0.25) is 18.9 Å². The van der Waals surface area contributed by atoms with Gasteiger partial charge in [0, 0.05) is 19.3 Å². The topological polar surface area (TPSA) is 136 Å². The number of ether oxygens (including phenoxy) is 2. The number of esters is 2. The van der Waals surface area contributed by atoms with Gasteiger partial charge in [-0.2, -0.15) is 0 Å². The Morgan fingerprint density at radius 3 is 1.72 bits per heavy atom. The van der Waals surface area contributed by atoms with Gasteiger partial charge in [-0.15, -0.1) is 0 Å². The predicted octanol–water partition coefficient (Wildman–Crippen LogP) is 11.8. The lowest BCUT2D eigenvalue weighted by atomic mass is 10.0. The third-order valence-corrected chi connectivity index (χ3v) is 9.24. The summed E-state index contributed by atoms with van der Waals surface area (Å²) in [6, 6.07) is 0. The molecule has 0 radical (unpaired) electrons. The maximum Gasteiger partial charge on any atom is 0.469 e. The van der Waals surface area contributed by atoms with Gasteiger partial charge in [0.25, 0.3) is 0 Å². The van der Waals surface area contributed by atoms with Gasteiger partial charge in [-0.1, -0.05) is 166 Å². The van der Waals surface area contributed by atoms with Crippen molar-refractivity contribution in [2.75, 3.05) is 13.2 Å². The predicted molar refractivity (Wildman–Crippen MR) is 216 cm³/mol. The standard InChI is InChI=1S/C43H75O9P/c1-4-5-27-33-40(44)34-29-24-20-16-12-10-14-17-21-25-30-35-42(45)50-37-41(38-51-53(47,48)49)52-43(46)36-31-26-22-18-13-9-7-6-8-11-15-19-23-28-32-39(2)3/h10,12,17,20-21,24,29,34,39,41H,4-9,11,13-16,18-19,22-23,25-28,30-33,35-38H2,1-3H3,(H2,47,48,49)/b12-10-,21-17-,24-20-,34-29+/t41-/m1/s1. The van der Waals surface area contributed by atoms with Crippen LogP contribution in [0.25, 0.3) is 0 Å². The molecule has 0 aromatic carbocycles. The van der Waals surface area contributed by atoms with Crippen molar-refractivity contribution in [3.63, 3.8) is 0 Å². The smallest absolute Gasteiger partial charge is 0.462 e. The molecule has 0 spiro atoms. The minimum Gasteiger partial charge on any atom is -0.462 e. The van der Waals surface area contributed by atoms with E-state index in [1.54, 1.807) is 12.2 Å². The zero-order valence-electron chi connectivity index (χ0n) is 33.6. The highest BCUT2D eigenvalue weighted by Crippen LogP contribution is 2.36. The van der Waals surface area contributed by atoms with E-state index in [-0.39, 0.29) is 25.2 Å². The third kappa shape index (κ3) is 40.7. The van der Waals surface area contributed by atoms with E-state index in [1.165, 1.54) is 70.6 Å². The third-order valence-electron chi connectivity index (χ3n) is 8.75. The molecule has 0 fully saturated rings. The molecule has 0 aliphatic heterocycles. The fraction of sp³-hybridized carbons (Fsp3) is 0.744. The molecular weight excluding hydrogens is 691 g/mol. The molecule has 0 aromatic rings. The van der Waals surface area contributed by atoms with Crippen LogP contribution in [0.1, 0.15) is 181 Å². The first kappa shape index (κ1) is 50.7. The summed E-state index contributed by atoms with van der Waals surface area (Å²) >= 11 is 0. The van der Waals surface area contributed by atoms with Crippen LogP contribution in [0.5, 0.6) is 0 Å². The average molecular weight is 767 g/mol. The molecule has 53 heavy (non-hydrogen) atoms. The minimum atomic E-state index is -4.78. The summed E-state index contributed by atoms with van der Waals surface area (Å²) in [5.41, 5.74) is 0. The van der Waals surface area contributed by atoms with Crippen molar-refractivity contribution < 1.29 is 42.7 Å². The molecule has 0 saturated carbocycles. The Hall–Kier alpha value is -2.32. The fourth-order valence-corrected chi connectivity index (χ4v) is 5.98. The lowest BCUT2D eigenvalue weighted by Crippen LogP contribution is -2.29. The highest BCUT2D eigenvalue weighted by atomic mass is 31.2. The van der Waals surface area contributed by atoms with Crippen molar-refractivity contribution in [2.24, 2.45) is 5.92 Å². The number of unbranched alkanes of at least 4 members (excludes halogenated alkanes) is 16. The fourth-order valence-electron chi connectivity index (χ4n) is 5.62. The maximum atomic E-state index is 12.4. The Labute approximate surface area is 322 Å². The van der Waals surface area contributed by atoms with Crippen LogP contribution in [0, 0.1) is 5.92 Å². The molecule has 306 valence electrons. The summed E-state index contributed by atoms with van der Waals surface area (Å²) in [7, 11) is -4.78. The average Bonchev–Trinajstić information content (AvgIpc) is 3.10. The van der Waals surface area contributed by atoms with Crippen LogP contribution in [0.3, 0.4) is 0 Å². The number of hydrogen-bond donors (Lipinski definition) is 2. The second kappa shape index (κ2) is 36.6. The van der Waals surface area contributed by atoms with Gasteiger partial charge in [-0.05, 0) is 50.5 Å². The van der Waals surface area contributed by atoms with Gasteiger partial charge in [0.1, 0.15) is 6.61 Å². The number of carbonyl (C=O) groups excluding carboxylic acids is 3. The molecule has 0 unspecified atom stereocenters. The van der Waals surface area contributed by atoms with Gasteiger partial charge in [0.15, 0.2) is 11.9 Å². The highest BCUT2D eigenvalue weighted by molar-refractivity contribution is 7.46. The largest absolute Gasteiger partial charge is 0.469 e. The van der Waals surface area contributed by atoms with Crippen molar-refractivity contribution >= 4 is 25.5 Å². The second-order valence-electron chi connectivity index (χ2n) is 14.5. The Bertz CT molecular complexity index is 1070. The van der Waals surface area contributed by atoms with Crippen molar-refractivity contribution in [1.82, 2.24) is 0 Å². The van der Waals surface area contributed by atoms with E-state index in [1.807, 2.05) is 24.3 Å². The zero-order chi connectivity index (χ0) is 39.3. The van der Waals surface area contributed by atoms with Gasteiger partial charge >= 0.3 is 19.8 Å². The van der Waals surface area contributed by atoms with E-state index < -0.39 is 32.5 Å². The van der Waals surface area contributed by atoms with Gasteiger partial charge in [0.05, 0.1) is 6.61 Å². The molecule has 0 bridgehead atoms. The van der Waals surface area contributed by atoms with Crippen molar-refractivity contribution in [3.8, 4) is 0 Å². The summed E-state index contributed by atoms with van der Waals surface area (Å²) in [5, 5.41) is 0. The van der Waals surface area contributed by atoms with Crippen LogP contribution < -0.4 is 0 Å². The van der Waals surface area contributed by atoms with Crippen LogP contribution in [-0.2, 0) is 32.9 Å². The summed E-state index contributed by atoms with van der Waals surface area (Å²) in [5.74, 6) is 0.00673. The molecule has 0 heterocycles. The Morgan fingerprint density at radius 1 is 0.604 bits per heavy atom. The number of phosphoric ester groups is 1. The van der Waals surface area contributed by atoms with Crippen LogP contribution in [0.15, 0.2) is 48.6 Å². The maximum absolute atomic E-state index is 12.4. The van der Waals surface area contributed by atoms with E-state index in [0.29, 0.717) is 25.7 Å². The van der Waals surface area contributed by atoms with Crippen molar-refractivity contribution in [3.05, 3.63) is 48.6 Å². The summed E-state index contributed by atoms with van der Waals surface area (Å²) in [4.78, 5) is 54.5. The summed E-state index contributed by atoms with van der Waals surface area (Å²) < 4.78 is 26.3. The van der Waals surface area contributed by atoms with E-state index >= 15 is 0 Å². The van der Waals surface area contributed by atoms with Crippen LogP contribution in [0.4, 0.5) is 0 Å². The summed E-state index contributed by atoms with van der Waals surface area (Å²) in [6.45, 7) is 5.81. The number of ketones is 1. The minimum absolute atomic E-state index is 0.165. The van der Waals surface area contributed by atoms with Crippen molar-refractivity contribution in [1.29, 1.82) is 0 Å². The number of allylic oxidation sites excluding steroid dienone is 8. The molecule has 1 atom stereocenters. The van der Waals surface area contributed by atoms with Gasteiger partial charge < -0.3 is 19.3 Å². The molecular formula is C43H75O9P. The van der Waals surface area contributed by atoms with E-state index in [2.05, 4.69) is 37.4 Å². The van der Waals surface area contributed by atoms with Gasteiger partial charge in [-0.25, -0.2) is 4.57 Å². The van der Waals surface area contributed by atoms with Crippen LogP contribution in [0.2, 0.25) is 0 Å². The molecule has 2 N–H and O–H groups in total. The molecule has 0 rings (SSSR count). The summed E-state index contributed by atoms with van der Waals surface area (Å²) in [6.07, 6.45) is 39.7. The lowest BCUT2D eigenvalue weighted by molar-refractivity contribution is -0.161. The van der Waals surface area contributed by atoms with E-state index in [4.69, 9.17) is 19.3 Å². The molecule has 9 nitrogen and oxygen atoms in total. The number of hydrogen-bond acceptors (Lipinski definition) is 7. The molecule has 0 aliphatic rings. The lowest BCUT2D eigenvalue weighted by Gasteiger charge is -2.18.